The lowest BCUT2D eigenvalue weighted by Gasteiger charge is -2.13. The average molecular weight is 238 g/mol. The molecule has 0 heterocycles. The van der Waals surface area contributed by atoms with Gasteiger partial charge in [-0.3, -0.25) is 0 Å². The van der Waals surface area contributed by atoms with Crippen molar-refractivity contribution in [3.05, 3.63) is 30.0 Å². The second-order valence-corrected chi connectivity index (χ2v) is 3.35. The highest BCUT2D eigenvalue weighted by atomic mass is 16.5. The number of hydrogen-bond donors (Lipinski definition) is 0. The minimum absolute atomic E-state index is 0.606. The number of rotatable bonds is 6. The zero-order valence-corrected chi connectivity index (χ0v) is 10.6. The average Bonchev–Trinajstić information content (AvgIpc) is 2.37. The predicted octanol–water partition coefficient (Wildman–Crippen LogP) is 2.42. The smallest absolute Gasteiger partial charge is 0.203 e. The van der Waals surface area contributed by atoms with Crippen LogP contribution in [-0.4, -0.2) is 28.4 Å². The van der Waals surface area contributed by atoms with Gasteiger partial charge >= 0.3 is 0 Å². The third-order valence-corrected chi connectivity index (χ3v) is 2.31. The summed E-state index contributed by atoms with van der Waals surface area (Å²) in [5, 5.41) is 0. The van der Waals surface area contributed by atoms with Crippen LogP contribution in [0.3, 0.4) is 0 Å². The molecule has 0 N–H and O–H groups in total. The summed E-state index contributed by atoms with van der Waals surface area (Å²) in [7, 11) is 6.41. The minimum Gasteiger partial charge on any atom is -0.505 e. The maximum atomic E-state index is 5.27. The van der Waals surface area contributed by atoms with Crippen molar-refractivity contribution in [2.24, 2.45) is 0 Å². The van der Waals surface area contributed by atoms with E-state index in [-0.39, 0.29) is 0 Å². The van der Waals surface area contributed by atoms with Gasteiger partial charge in [-0.15, -0.1) is 0 Å². The maximum absolute atomic E-state index is 5.27. The normalized spacial score (nSPS) is 10.4. The van der Waals surface area contributed by atoms with Gasteiger partial charge in [0.25, 0.3) is 0 Å². The molecule has 0 spiro atoms. The van der Waals surface area contributed by atoms with E-state index >= 15 is 0 Å². The molecule has 0 aliphatic carbocycles. The van der Waals surface area contributed by atoms with E-state index in [1.54, 1.807) is 34.7 Å². The van der Waals surface area contributed by atoms with Gasteiger partial charge in [-0.2, -0.15) is 0 Å². The van der Waals surface area contributed by atoms with E-state index in [2.05, 4.69) is 0 Å². The lowest BCUT2D eigenvalue weighted by Crippen LogP contribution is -1.96. The van der Waals surface area contributed by atoms with Gasteiger partial charge in [-0.05, 0) is 30.2 Å². The number of methoxy groups -OCH3 is 4. The predicted molar refractivity (Wildman–Crippen MR) is 66.0 cm³/mol. The fourth-order valence-electron chi connectivity index (χ4n) is 1.53. The Hall–Kier alpha value is -1.84. The van der Waals surface area contributed by atoms with Crippen LogP contribution >= 0.6 is 0 Å². The molecule has 0 saturated heterocycles. The molecule has 0 amide bonds. The summed E-state index contributed by atoms with van der Waals surface area (Å²) in [6.45, 7) is 0. The Labute approximate surface area is 102 Å². The number of ether oxygens (including phenoxy) is 4. The standard InChI is InChI=1S/C13H18O4/c1-14-7-5-6-10-8-11(15-2)13(17-4)12(9-10)16-3/h5,7-9H,6H2,1-4H3/b7-5+. The van der Waals surface area contributed by atoms with Gasteiger partial charge in [-0.25, -0.2) is 0 Å². The number of hydrogen-bond acceptors (Lipinski definition) is 4. The third-order valence-electron chi connectivity index (χ3n) is 2.31. The molecule has 94 valence electrons. The molecular formula is C13H18O4. The molecule has 0 aliphatic rings. The van der Waals surface area contributed by atoms with Crippen molar-refractivity contribution in [1.29, 1.82) is 0 Å². The van der Waals surface area contributed by atoms with Gasteiger partial charge in [0.15, 0.2) is 11.5 Å². The van der Waals surface area contributed by atoms with Crippen molar-refractivity contribution >= 4 is 0 Å². The summed E-state index contributed by atoms with van der Waals surface area (Å²) in [4.78, 5) is 0. The van der Waals surface area contributed by atoms with Crippen LogP contribution in [0.1, 0.15) is 5.56 Å². The van der Waals surface area contributed by atoms with Crippen LogP contribution in [0.25, 0.3) is 0 Å². The maximum Gasteiger partial charge on any atom is 0.203 e. The zero-order chi connectivity index (χ0) is 12.7. The summed E-state index contributed by atoms with van der Waals surface area (Å²) < 4.78 is 20.6. The van der Waals surface area contributed by atoms with Gasteiger partial charge in [0.2, 0.25) is 5.75 Å². The minimum atomic E-state index is 0.606. The van der Waals surface area contributed by atoms with E-state index in [1.807, 2.05) is 18.2 Å². The van der Waals surface area contributed by atoms with E-state index in [1.165, 1.54) is 0 Å². The van der Waals surface area contributed by atoms with E-state index in [0.717, 1.165) is 12.0 Å². The highest BCUT2D eigenvalue weighted by molar-refractivity contribution is 5.54. The first kappa shape index (κ1) is 13.2. The van der Waals surface area contributed by atoms with Crippen molar-refractivity contribution in [3.8, 4) is 17.2 Å². The Morgan fingerprint density at radius 2 is 1.53 bits per heavy atom. The molecule has 17 heavy (non-hydrogen) atoms. The van der Waals surface area contributed by atoms with E-state index < -0.39 is 0 Å². The first-order valence-corrected chi connectivity index (χ1v) is 5.23. The summed E-state index contributed by atoms with van der Waals surface area (Å²) in [5.41, 5.74) is 1.06. The fourth-order valence-corrected chi connectivity index (χ4v) is 1.53. The van der Waals surface area contributed by atoms with Crippen LogP contribution in [0.2, 0.25) is 0 Å². The van der Waals surface area contributed by atoms with Gasteiger partial charge in [0, 0.05) is 0 Å². The Morgan fingerprint density at radius 3 is 1.94 bits per heavy atom. The molecule has 0 bridgehead atoms. The van der Waals surface area contributed by atoms with Crippen LogP contribution in [0, 0.1) is 0 Å². The molecule has 0 aromatic heterocycles. The Morgan fingerprint density at radius 1 is 0.941 bits per heavy atom. The fraction of sp³-hybridized carbons (Fsp3) is 0.385. The number of allylic oxidation sites excluding steroid dienone is 1. The molecule has 4 nitrogen and oxygen atoms in total. The molecule has 0 fully saturated rings. The lowest BCUT2D eigenvalue weighted by atomic mass is 10.1. The Bertz CT molecular complexity index is 360. The molecule has 0 saturated carbocycles. The van der Waals surface area contributed by atoms with Crippen LogP contribution in [0.4, 0.5) is 0 Å². The van der Waals surface area contributed by atoms with Crippen molar-refractivity contribution in [2.75, 3.05) is 28.4 Å². The summed E-state index contributed by atoms with van der Waals surface area (Å²) in [6, 6.07) is 3.84. The van der Waals surface area contributed by atoms with Gasteiger partial charge < -0.3 is 18.9 Å². The summed E-state index contributed by atoms with van der Waals surface area (Å²) in [6.07, 6.45) is 4.30. The molecule has 4 heteroatoms. The Kier molecular flexibility index (Phi) is 5.20. The van der Waals surface area contributed by atoms with Crippen LogP contribution in [0.5, 0.6) is 17.2 Å². The molecule has 0 radical (unpaired) electrons. The molecule has 0 atom stereocenters. The zero-order valence-electron chi connectivity index (χ0n) is 10.6. The van der Waals surface area contributed by atoms with Crippen LogP contribution in [0.15, 0.2) is 24.5 Å². The molecule has 1 rings (SSSR count). The highest BCUT2D eigenvalue weighted by Crippen LogP contribution is 2.38. The van der Waals surface area contributed by atoms with Crippen LogP contribution < -0.4 is 14.2 Å². The van der Waals surface area contributed by atoms with E-state index in [0.29, 0.717) is 17.2 Å². The molecule has 0 aliphatic heterocycles. The van der Waals surface area contributed by atoms with Gasteiger partial charge in [-0.1, -0.05) is 0 Å². The molecule has 0 unspecified atom stereocenters. The highest BCUT2D eigenvalue weighted by Gasteiger charge is 2.12. The second kappa shape index (κ2) is 6.68. The SMILES string of the molecule is CO/C=C/Cc1cc(OC)c(OC)c(OC)c1. The Balaban J connectivity index is 3.04. The molecular weight excluding hydrogens is 220 g/mol. The third kappa shape index (κ3) is 3.31. The van der Waals surface area contributed by atoms with Crippen LogP contribution in [-0.2, 0) is 11.2 Å². The summed E-state index contributed by atoms with van der Waals surface area (Å²) in [5.74, 6) is 1.93. The monoisotopic (exact) mass is 238 g/mol. The van der Waals surface area contributed by atoms with Crippen molar-refractivity contribution in [2.45, 2.75) is 6.42 Å². The van der Waals surface area contributed by atoms with Gasteiger partial charge in [0.05, 0.1) is 34.7 Å². The van der Waals surface area contributed by atoms with E-state index in [9.17, 15) is 0 Å². The van der Waals surface area contributed by atoms with Crippen molar-refractivity contribution < 1.29 is 18.9 Å². The number of benzene rings is 1. The second-order valence-electron chi connectivity index (χ2n) is 3.35. The topological polar surface area (TPSA) is 36.9 Å². The molecule has 1 aromatic rings. The molecule has 1 aromatic carbocycles. The largest absolute Gasteiger partial charge is 0.505 e. The van der Waals surface area contributed by atoms with Crippen molar-refractivity contribution in [3.63, 3.8) is 0 Å². The first-order chi connectivity index (χ1) is 8.26. The quantitative estimate of drug-likeness (QED) is 0.713. The first-order valence-electron chi connectivity index (χ1n) is 5.23. The van der Waals surface area contributed by atoms with E-state index in [4.69, 9.17) is 18.9 Å². The van der Waals surface area contributed by atoms with Gasteiger partial charge in [0.1, 0.15) is 0 Å². The summed E-state index contributed by atoms with van der Waals surface area (Å²) >= 11 is 0. The van der Waals surface area contributed by atoms with Crippen molar-refractivity contribution in [1.82, 2.24) is 0 Å². The lowest BCUT2D eigenvalue weighted by molar-refractivity contribution is 0.323.